The Labute approximate surface area is 111 Å². The second-order valence-electron chi connectivity index (χ2n) is 3.33. The Morgan fingerprint density at radius 2 is 1.82 bits per heavy atom. The molecule has 0 aromatic rings. The average Bonchev–Trinajstić information content (AvgIpc) is 2.25. The molecule has 0 aliphatic carbocycles. The maximum absolute atomic E-state index is 11.6. The summed E-state index contributed by atoms with van der Waals surface area (Å²) < 4.78 is 31.5. The van der Waals surface area contributed by atoms with Crippen LogP contribution >= 0.6 is 23.2 Å². The molecule has 0 heterocycles. The van der Waals surface area contributed by atoms with Crippen LogP contribution < -0.4 is 9.44 Å². The summed E-state index contributed by atoms with van der Waals surface area (Å²) in [4.78, 5) is 11.0. The first-order chi connectivity index (χ1) is 7.84. The number of carbonyl (C=O) groups is 1. The molecule has 0 bridgehead atoms. The Morgan fingerprint density at radius 3 is 2.18 bits per heavy atom. The lowest BCUT2D eigenvalue weighted by molar-refractivity contribution is 0.158. The molecule has 0 fully saturated rings. The zero-order chi connectivity index (χ0) is 13.5. The van der Waals surface area contributed by atoms with E-state index in [2.05, 4.69) is 9.46 Å². The Balaban J connectivity index is 4.68. The Kier molecular flexibility index (Phi) is 7.15. The largest absolute Gasteiger partial charge is 0.449 e. The summed E-state index contributed by atoms with van der Waals surface area (Å²) in [7, 11) is -4.04. The van der Waals surface area contributed by atoms with Crippen molar-refractivity contribution in [3.63, 3.8) is 0 Å². The highest BCUT2D eigenvalue weighted by Gasteiger charge is 2.32. The molecule has 0 saturated heterocycles. The van der Waals surface area contributed by atoms with Crippen molar-refractivity contribution in [1.29, 1.82) is 0 Å². The fraction of sp³-hybridized carbons (Fsp3) is 0.875. The predicted octanol–water partition coefficient (Wildman–Crippen LogP) is 1.19. The van der Waals surface area contributed by atoms with Crippen LogP contribution in [0.1, 0.15) is 20.3 Å². The quantitative estimate of drug-likeness (QED) is 0.692. The average molecular weight is 307 g/mol. The summed E-state index contributed by atoms with van der Waals surface area (Å²) in [6, 6.07) is 0. The number of ether oxygens (including phenoxy) is 1. The molecular formula is C8H16Cl2N2O4S. The summed E-state index contributed by atoms with van der Waals surface area (Å²) in [6.45, 7) is 3.37. The summed E-state index contributed by atoms with van der Waals surface area (Å²) in [5.41, 5.74) is -0.985. The van der Waals surface area contributed by atoms with E-state index in [9.17, 15) is 13.2 Å². The van der Waals surface area contributed by atoms with E-state index in [1.54, 1.807) is 18.6 Å². The van der Waals surface area contributed by atoms with Crippen molar-refractivity contribution in [3.8, 4) is 0 Å². The fourth-order valence-electron chi connectivity index (χ4n) is 0.932. The standard InChI is InChI=1S/C8H16Cl2N2O4S/c1-3-8(5-9,6-10)12-17(14,15)11-7(13)16-4-2/h12H,3-6H2,1-2H3,(H,11,13). The molecule has 0 saturated carbocycles. The zero-order valence-electron chi connectivity index (χ0n) is 9.63. The number of hydrogen-bond acceptors (Lipinski definition) is 4. The van der Waals surface area contributed by atoms with Crippen molar-refractivity contribution < 1.29 is 17.9 Å². The predicted molar refractivity (Wildman–Crippen MR) is 66.7 cm³/mol. The van der Waals surface area contributed by atoms with Crippen LogP contribution in [0.5, 0.6) is 0 Å². The molecule has 0 aliphatic heterocycles. The Bertz CT molecular complexity index is 335. The van der Waals surface area contributed by atoms with Crippen LogP contribution in [0.4, 0.5) is 4.79 Å². The SMILES string of the molecule is CCOC(=O)NS(=O)(=O)NC(CC)(CCl)CCl. The molecule has 0 rings (SSSR count). The van der Waals surface area contributed by atoms with Crippen molar-refractivity contribution in [2.45, 2.75) is 25.8 Å². The van der Waals surface area contributed by atoms with Gasteiger partial charge in [0.1, 0.15) is 0 Å². The van der Waals surface area contributed by atoms with Crippen LogP contribution in [-0.4, -0.2) is 38.4 Å². The lowest BCUT2D eigenvalue weighted by atomic mass is 10.0. The maximum atomic E-state index is 11.6. The van der Waals surface area contributed by atoms with E-state index in [-0.39, 0.29) is 18.4 Å². The molecule has 0 aliphatic rings. The third-order valence-electron chi connectivity index (χ3n) is 2.03. The van der Waals surface area contributed by atoms with E-state index in [1.165, 1.54) is 0 Å². The minimum absolute atomic E-state index is 0.00324. The fourth-order valence-corrected chi connectivity index (χ4v) is 3.08. The molecule has 2 N–H and O–H groups in total. The monoisotopic (exact) mass is 306 g/mol. The number of rotatable bonds is 7. The van der Waals surface area contributed by atoms with Crippen molar-refractivity contribution in [3.05, 3.63) is 0 Å². The van der Waals surface area contributed by atoms with E-state index in [4.69, 9.17) is 23.2 Å². The topological polar surface area (TPSA) is 84.5 Å². The number of nitrogens with one attached hydrogen (secondary N) is 2. The van der Waals surface area contributed by atoms with Gasteiger partial charge in [-0.1, -0.05) is 6.92 Å². The Morgan fingerprint density at radius 1 is 1.29 bits per heavy atom. The van der Waals surface area contributed by atoms with Crippen LogP contribution in [-0.2, 0) is 14.9 Å². The minimum Gasteiger partial charge on any atom is -0.449 e. The van der Waals surface area contributed by atoms with Gasteiger partial charge in [-0.05, 0) is 13.3 Å². The summed E-state index contributed by atoms with van der Waals surface area (Å²) >= 11 is 11.3. The molecule has 0 atom stereocenters. The third-order valence-corrected chi connectivity index (χ3v) is 4.19. The maximum Gasteiger partial charge on any atom is 0.421 e. The van der Waals surface area contributed by atoms with Crippen molar-refractivity contribution in [2.75, 3.05) is 18.4 Å². The molecule has 0 spiro atoms. The van der Waals surface area contributed by atoms with Crippen LogP contribution in [0.3, 0.4) is 0 Å². The number of halogens is 2. The van der Waals surface area contributed by atoms with Gasteiger partial charge in [0.25, 0.3) is 0 Å². The van der Waals surface area contributed by atoms with Gasteiger partial charge in [-0.3, -0.25) is 0 Å². The van der Waals surface area contributed by atoms with Crippen LogP contribution in [0.15, 0.2) is 0 Å². The van der Waals surface area contributed by atoms with Gasteiger partial charge in [0.05, 0.1) is 12.1 Å². The van der Waals surface area contributed by atoms with Gasteiger partial charge in [0, 0.05) is 11.8 Å². The van der Waals surface area contributed by atoms with Crippen molar-refractivity contribution >= 4 is 39.5 Å². The first-order valence-electron chi connectivity index (χ1n) is 4.95. The smallest absolute Gasteiger partial charge is 0.421 e. The molecule has 0 unspecified atom stereocenters. The van der Waals surface area contributed by atoms with Gasteiger partial charge in [-0.15, -0.1) is 23.2 Å². The number of alkyl halides is 2. The highest BCUT2D eigenvalue weighted by Crippen LogP contribution is 2.15. The number of hydrogen-bond donors (Lipinski definition) is 2. The van der Waals surface area contributed by atoms with Gasteiger partial charge >= 0.3 is 16.3 Å². The van der Waals surface area contributed by atoms with Gasteiger partial charge < -0.3 is 4.74 Å². The molecule has 9 heteroatoms. The Hall–Kier alpha value is -0.240. The minimum atomic E-state index is -4.04. The van der Waals surface area contributed by atoms with Crippen molar-refractivity contribution in [2.24, 2.45) is 0 Å². The van der Waals surface area contributed by atoms with E-state index in [1.807, 2.05) is 0 Å². The van der Waals surface area contributed by atoms with Crippen LogP contribution in [0.2, 0.25) is 0 Å². The number of amides is 1. The van der Waals surface area contributed by atoms with E-state index < -0.39 is 21.8 Å². The molecule has 102 valence electrons. The van der Waals surface area contributed by atoms with E-state index in [0.29, 0.717) is 6.42 Å². The van der Waals surface area contributed by atoms with Crippen LogP contribution in [0, 0.1) is 0 Å². The second-order valence-corrected chi connectivity index (χ2v) is 5.28. The summed E-state index contributed by atoms with van der Waals surface area (Å²) in [5, 5.41) is 0. The molecule has 0 aromatic carbocycles. The molecule has 17 heavy (non-hydrogen) atoms. The van der Waals surface area contributed by atoms with E-state index >= 15 is 0 Å². The first kappa shape index (κ1) is 16.8. The van der Waals surface area contributed by atoms with Gasteiger partial charge in [0.2, 0.25) is 0 Å². The van der Waals surface area contributed by atoms with Gasteiger partial charge in [0.15, 0.2) is 0 Å². The zero-order valence-corrected chi connectivity index (χ0v) is 12.0. The molecular weight excluding hydrogens is 291 g/mol. The normalized spacial score (nSPS) is 12.2. The molecule has 0 radical (unpaired) electrons. The van der Waals surface area contributed by atoms with Crippen molar-refractivity contribution in [1.82, 2.24) is 9.44 Å². The summed E-state index contributed by atoms with van der Waals surface area (Å²) in [6.07, 6.45) is -0.654. The molecule has 6 nitrogen and oxygen atoms in total. The molecule has 0 aromatic heterocycles. The van der Waals surface area contributed by atoms with E-state index in [0.717, 1.165) is 0 Å². The highest BCUT2D eigenvalue weighted by atomic mass is 35.5. The first-order valence-corrected chi connectivity index (χ1v) is 7.50. The van der Waals surface area contributed by atoms with Gasteiger partial charge in [-0.2, -0.15) is 13.1 Å². The highest BCUT2D eigenvalue weighted by molar-refractivity contribution is 7.88. The lowest BCUT2D eigenvalue weighted by Gasteiger charge is -2.28. The second kappa shape index (κ2) is 7.25. The van der Waals surface area contributed by atoms with Crippen LogP contribution in [0.25, 0.3) is 0 Å². The van der Waals surface area contributed by atoms with Gasteiger partial charge in [-0.25, -0.2) is 9.52 Å². The summed E-state index contributed by atoms with van der Waals surface area (Å²) in [5.74, 6) is -0.00648. The lowest BCUT2D eigenvalue weighted by Crippen LogP contribution is -2.55. The third kappa shape index (κ3) is 5.76. The number of carbonyl (C=O) groups excluding carboxylic acids is 1. The molecule has 1 amide bonds.